The van der Waals surface area contributed by atoms with Crippen LogP contribution in [0.1, 0.15) is 109 Å². The van der Waals surface area contributed by atoms with Gasteiger partial charge in [0.25, 0.3) is 0 Å². The molecular weight excluding hydrogens is 692 g/mol. The van der Waals surface area contributed by atoms with Gasteiger partial charge in [-0.25, -0.2) is 14.6 Å². The zero-order valence-electron chi connectivity index (χ0n) is 32.5. The predicted molar refractivity (Wildman–Crippen MR) is 201 cm³/mol. The van der Waals surface area contributed by atoms with Crippen molar-refractivity contribution in [2.24, 2.45) is 5.92 Å². The average molecular weight is 745 g/mol. The van der Waals surface area contributed by atoms with Crippen molar-refractivity contribution in [1.82, 2.24) is 20.5 Å². The molecule has 13 heteroatoms. The number of pyridine rings is 1. The lowest BCUT2D eigenvalue weighted by Crippen LogP contribution is -2.65. The van der Waals surface area contributed by atoms with Crippen LogP contribution >= 0.6 is 0 Å². The lowest BCUT2D eigenvalue weighted by atomic mass is 9.76. The Kier molecular flexibility index (Phi) is 12.2. The lowest BCUT2D eigenvalue weighted by Gasteiger charge is -2.37. The molecule has 1 aromatic carbocycles. The van der Waals surface area contributed by atoms with E-state index in [0.29, 0.717) is 47.2 Å². The minimum atomic E-state index is -1.64. The molecule has 0 radical (unpaired) electrons. The fraction of sp³-hybridized carbons (Fsp3) is 0.561. The Hall–Kier alpha value is -5.12. The van der Waals surface area contributed by atoms with Gasteiger partial charge in [0.05, 0.1) is 43.0 Å². The van der Waals surface area contributed by atoms with Crippen molar-refractivity contribution in [1.29, 1.82) is 0 Å². The first-order chi connectivity index (χ1) is 25.6. The van der Waals surface area contributed by atoms with Crippen LogP contribution in [0.15, 0.2) is 30.4 Å². The molecule has 0 bridgehead atoms. The summed E-state index contributed by atoms with van der Waals surface area (Å²) in [5, 5.41) is 6.16. The first kappa shape index (κ1) is 40.1. The molecule has 3 aliphatic rings. The second-order valence-corrected chi connectivity index (χ2v) is 15.3. The zero-order chi connectivity index (χ0) is 39.4. The van der Waals surface area contributed by atoms with E-state index in [1.165, 1.54) is 18.9 Å². The molecule has 290 valence electrons. The number of nitrogens with zero attached hydrogens (tertiary/aromatic N) is 2. The summed E-state index contributed by atoms with van der Waals surface area (Å²) in [6, 6.07) is 3.14. The van der Waals surface area contributed by atoms with E-state index >= 15 is 0 Å². The predicted octanol–water partition coefficient (Wildman–Crippen LogP) is 5.38. The van der Waals surface area contributed by atoms with Crippen molar-refractivity contribution in [3.63, 3.8) is 0 Å². The Morgan fingerprint density at radius 2 is 1.91 bits per heavy atom. The van der Waals surface area contributed by atoms with Crippen LogP contribution in [-0.2, 0) is 23.9 Å². The molecule has 3 amide bonds. The zero-order valence-corrected chi connectivity index (χ0v) is 32.5. The summed E-state index contributed by atoms with van der Waals surface area (Å²) in [4.78, 5) is 75.2. The fourth-order valence-electron chi connectivity index (χ4n) is 7.05. The highest BCUT2D eigenvalue weighted by Gasteiger charge is 2.53. The number of fused-ring (bicyclic) bond motifs is 3. The van der Waals surface area contributed by atoms with E-state index in [-0.39, 0.29) is 37.0 Å². The summed E-state index contributed by atoms with van der Waals surface area (Å²) < 4.78 is 23.1. The molecule has 5 rings (SSSR count). The van der Waals surface area contributed by atoms with Gasteiger partial charge in [0.1, 0.15) is 29.5 Å². The Morgan fingerprint density at radius 3 is 2.54 bits per heavy atom. The number of Topliss-reactive ketones (excluding diaryl/α,β-unsaturated/α-hetero) is 1. The van der Waals surface area contributed by atoms with Gasteiger partial charge in [0.15, 0.2) is 11.5 Å². The number of hydrogen-bond donors (Lipinski definition) is 2. The summed E-state index contributed by atoms with van der Waals surface area (Å²) in [7, 11) is 1.54. The molecule has 0 spiro atoms. The van der Waals surface area contributed by atoms with E-state index in [1.54, 1.807) is 45.9 Å². The molecule has 1 aromatic heterocycles. The first-order valence-corrected chi connectivity index (χ1v) is 18.8. The van der Waals surface area contributed by atoms with Gasteiger partial charge in [-0.2, -0.15) is 0 Å². The monoisotopic (exact) mass is 744 g/mol. The number of allylic oxidation sites excluding steroid dienone is 1. The molecule has 0 saturated carbocycles. The molecule has 2 aromatic rings. The van der Waals surface area contributed by atoms with E-state index in [2.05, 4.69) is 22.5 Å². The number of ether oxygens (including phenoxy) is 4. The Bertz CT molecular complexity index is 1890. The Labute approximate surface area is 316 Å². The summed E-state index contributed by atoms with van der Waals surface area (Å²) in [6.07, 6.45) is 5.42. The third-order valence-corrected chi connectivity index (χ3v) is 9.70. The van der Waals surface area contributed by atoms with Gasteiger partial charge in [-0.05, 0) is 78.0 Å². The number of benzene rings is 1. The van der Waals surface area contributed by atoms with Crippen LogP contribution in [0, 0.1) is 17.8 Å². The van der Waals surface area contributed by atoms with Crippen LogP contribution in [0.4, 0.5) is 4.79 Å². The van der Waals surface area contributed by atoms with Crippen molar-refractivity contribution < 1.29 is 42.9 Å². The van der Waals surface area contributed by atoms with E-state index in [4.69, 9.17) is 23.9 Å². The van der Waals surface area contributed by atoms with Crippen LogP contribution in [0.5, 0.6) is 11.5 Å². The number of methoxy groups -OCH3 is 1. The van der Waals surface area contributed by atoms with Crippen LogP contribution in [-0.4, -0.2) is 89.1 Å². The minimum absolute atomic E-state index is 0.00853. The standard InChI is InChI=1S/C41H52N4O9/c1-9-52-38(49)41-20-19-26(41)15-13-11-10-12-14-16-31(43-39(50)54-40(5,6)7)37(48)45-23-28(22-32(45)36(47)44-41)53-35-33(25(4)46)29-21-27(51-8)17-18-30(29)42-34(35)24(2)3/h13,15,17-18,21,24,26,28,31-32H,9-12,14,16,22-23H2,1-8H3,(H,43,50)(H,44,47). The van der Waals surface area contributed by atoms with Gasteiger partial charge in [-0.15, -0.1) is 0 Å². The third kappa shape index (κ3) is 8.64. The van der Waals surface area contributed by atoms with Crippen molar-refractivity contribution in [3.05, 3.63) is 41.6 Å². The van der Waals surface area contributed by atoms with Crippen LogP contribution in [0.2, 0.25) is 0 Å². The second kappa shape index (κ2) is 16.5. The largest absolute Gasteiger partial charge is 0.497 e. The summed E-state index contributed by atoms with van der Waals surface area (Å²) in [5.41, 5.74) is -0.997. The second-order valence-electron chi connectivity index (χ2n) is 15.3. The molecule has 1 aliphatic carbocycles. The van der Waals surface area contributed by atoms with Gasteiger partial charge in [0, 0.05) is 11.8 Å². The lowest BCUT2D eigenvalue weighted by molar-refractivity contribution is -0.153. The van der Waals surface area contributed by atoms with Gasteiger partial charge >= 0.3 is 12.1 Å². The maximum absolute atomic E-state index is 14.6. The number of alkyl carbamates (subject to hydrolysis) is 1. The third-order valence-electron chi connectivity index (χ3n) is 9.70. The number of nitrogens with one attached hydrogen (secondary N) is 2. The van der Waals surface area contributed by atoms with E-state index in [0.717, 1.165) is 12.8 Å². The molecule has 3 heterocycles. The number of amides is 3. The molecule has 1 fully saturated rings. The topological polar surface area (TPSA) is 162 Å². The molecule has 5 unspecified atom stereocenters. The summed E-state index contributed by atoms with van der Waals surface area (Å²) in [5.74, 6) is 3.80. The summed E-state index contributed by atoms with van der Waals surface area (Å²) >= 11 is 0. The smallest absolute Gasteiger partial charge is 0.408 e. The highest BCUT2D eigenvalue weighted by atomic mass is 16.6. The van der Waals surface area contributed by atoms with Gasteiger partial charge in [-0.3, -0.25) is 14.4 Å². The van der Waals surface area contributed by atoms with E-state index < -0.39 is 59.1 Å². The van der Waals surface area contributed by atoms with Crippen molar-refractivity contribution >= 4 is 40.6 Å². The average Bonchev–Trinajstić information content (AvgIpc) is 3.52. The number of carbonyl (C=O) groups is 5. The number of hydrogen-bond acceptors (Lipinski definition) is 10. The van der Waals surface area contributed by atoms with Crippen LogP contribution in [0.25, 0.3) is 10.9 Å². The Balaban J connectivity index is 1.57. The number of esters is 1. The van der Waals surface area contributed by atoms with Crippen molar-refractivity contribution in [2.45, 2.75) is 122 Å². The fourth-order valence-corrected chi connectivity index (χ4v) is 7.05. The van der Waals surface area contributed by atoms with Gasteiger partial charge in [-0.1, -0.05) is 50.7 Å². The number of rotatable bonds is 8. The molecule has 2 aliphatic heterocycles. The molecule has 54 heavy (non-hydrogen) atoms. The number of aromatic nitrogens is 1. The Morgan fingerprint density at radius 1 is 1.15 bits per heavy atom. The molecular formula is C41H52N4O9. The highest BCUT2D eigenvalue weighted by Crippen LogP contribution is 2.38. The number of ketones is 1. The van der Waals surface area contributed by atoms with Crippen molar-refractivity contribution in [3.8, 4) is 23.3 Å². The van der Waals surface area contributed by atoms with Crippen LogP contribution in [0.3, 0.4) is 0 Å². The van der Waals surface area contributed by atoms with E-state index in [9.17, 15) is 24.0 Å². The summed E-state index contributed by atoms with van der Waals surface area (Å²) in [6.45, 7) is 12.2. The molecule has 2 N–H and O–H groups in total. The van der Waals surface area contributed by atoms with E-state index in [1.807, 2.05) is 26.0 Å². The first-order valence-electron chi connectivity index (χ1n) is 18.8. The minimum Gasteiger partial charge on any atom is -0.497 e. The van der Waals surface area contributed by atoms with Gasteiger partial charge < -0.3 is 34.5 Å². The van der Waals surface area contributed by atoms with Crippen LogP contribution < -0.4 is 20.1 Å². The maximum atomic E-state index is 14.6. The highest BCUT2D eigenvalue weighted by molar-refractivity contribution is 6.09. The van der Waals surface area contributed by atoms with Gasteiger partial charge in [0.2, 0.25) is 17.4 Å². The maximum Gasteiger partial charge on any atom is 0.408 e. The molecule has 5 atom stereocenters. The SMILES string of the molecule is CCOC(=O)C12C#CC1C=CCCCCCC(NC(=O)OC(C)(C)C)C(=O)N1CC(Oc3c(C(C)C)nc4ccc(OC)cc4c3C(C)=O)CC1C(=O)N2. The molecule has 13 nitrogen and oxygen atoms in total. The molecule has 1 saturated heterocycles. The normalized spacial score (nSPS) is 24.4. The number of carbonyl (C=O) groups excluding carboxylic acids is 5. The quantitative estimate of drug-likeness (QED) is 0.155. The van der Waals surface area contributed by atoms with Crippen molar-refractivity contribution in [2.75, 3.05) is 20.3 Å².